The summed E-state index contributed by atoms with van der Waals surface area (Å²) in [7, 11) is 1.93. The van der Waals surface area contributed by atoms with Crippen molar-refractivity contribution in [1.29, 1.82) is 0 Å². The Morgan fingerprint density at radius 1 is 1.28 bits per heavy atom. The minimum Gasteiger partial charge on any atom is -0.332 e. The smallest absolute Gasteiger partial charge is 0.109 e. The second-order valence-corrected chi connectivity index (χ2v) is 4.09. The average molecular weight is 245 g/mol. The number of hydrogen-bond acceptors (Lipinski definition) is 3. The van der Waals surface area contributed by atoms with Crippen LogP contribution in [0.3, 0.4) is 0 Å². The van der Waals surface area contributed by atoms with Gasteiger partial charge in [0.2, 0.25) is 0 Å². The molecule has 0 aliphatic carbocycles. The molecule has 5 nitrogen and oxygen atoms in total. The van der Waals surface area contributed by atoms with Crippen LogP contribution in [0.2, 0.25) is 0 Å². The fourth-order valence-corrected chi connectivity index (χ4v) is 1.89. The molecule has 0 unspecified atom stereocenters. The summed E-state index contributed by atoms with van der Waals surface area (Å²) < 4.78 is 15.7. The Hall–Kier alpha value is -2.24. The minimum absolute atomic E-state index is 0.270. The van der Waals surface area contributed by atoms with Gasteiger partial charge in [-0.3, -0.25) is 9.67 Å². The van der Waals surface area contributed by atoms with Gasteiger partial charge in [0.05, 0.1) is 42.0 Å². The van der Waals surface area contributed by atoms with E-state index in [1.165, 1.54) is 0 Å². The highest BCUT2D eigenvalue weighted by Crippen LogP contribution is 2.20. The topological polar surface area (TPSA) is 48.5 Å². The Bertz CT molecular complexity index is 685. The molecule has 0 fully saturated rings. The molecular formula is C12H12FN5. The zero-order chi connectivity index (χ0) is 12.5. The van der Waals surface area contributed by atoms with Gasteiger partial charge in [0.15, 0.2) is 0 Å². The van der Waals surface area contributed by atoms with E-state index in [0.29, 0.717) is 0 Å². The minimum atomic E-state index is -0.423. The van der Waals surface area contributed by atoms with Crippen LogP contribution in [0.25, 0.3) is 22.3 Å². The number of alkyl halides is 1. The fourth-order valence-electron chi connectivity index (χ4n) is 1.89. The van der Waals surface area contributed by atoms with Gasteiger partial charge in [0.1, 0.15) is 6.67 Å². The Labute approximate surface area is 103 Å². The van der Waals surface area contributed by atoms with Crippen molar-refractivity contribution in [3.8, 4) is 11.3 Å². The number of halogens is 1. The molecule has 0 aromatic carbocycles. The van der Waals surface area contributed by atoms with Crippen molar-refractivity contribution in [3.63, 3.8) is 0 Å². The molecule has 0 saturated carbocycles. The molecule has 3 heterocycles. The van der Waals surface area contributed by atoms with E-state index in [0.717, 1.165) is 22.3 Å². The van der Waals surface area contributed by atoms with E-state index >= 15 is 0 Å². The number of rotatable bonds is 3. The molecule has 0 saturated heterocycles. The zero-order valence-corrected chi connectivity index (χ0v) is 9.91. The lowest BCUT2D eigenvalue weighted by molar-refractivity contribution is 0.427. The third-order valence-electron chi connectivity index (χ3n) is 2.85. The van der Waals surface area contributed by atoms with Crippen molar-refractivity contribution in [2.45, 2.75) is 6.54 Å². The SMILES string of the molecule is Cn1cnc2cc(-c3cnn(CCF)c3)ncc21. The first-order valence-corrected chi connectivity index (χ1v) is 5.64. The van der Waals surface area contributed by atoms with E-state index in [2.05, 4.69) is 15.1 Å². The van der Waals surface area contributed by atoms with Gasteiger partial charge < -0.3 is 4.57 Å². The van der Waals surface area contributed by atoms with Crippen LogP contribution in [0.4, 0.5) is 4.39 Å². The molecule has 3 rings (SSSR count). The summed E-state index contributed by atoms with van der Waals surface area (Å²) >= 11 is 0. The third kappa shape index (κ3) is 1.75. The second kappa shape index (κ2) is 4.21. The number of aromatic nitrogens is 5. The molecule has 0 aliphatic rings. The van der Waals surface area contributed by atoms with Crippen molar-refractivity contribution >= 4 is 11.0 Å². The summed E-state index contributed by atoms with van der Waals surface area (Å²) in [6.07, 6.45) is 7.01. The van der Waals surface area contributed by atoms with Gasteiger partial charge in [0, 0.05) is 18.8 Å². The standard InChI is InChI=1S/C12H12FN5/c1-17-8-15-11-4-10(14-6-12(11)17)9-5-16-18(7-9)3-2-13/h4-8H,2-3H2,1H3. The molecule has 18 heavy (non-hydrogen) atoms. The first-order valence-electron chi connectivity index (χ1n) is 5.64. The molecule has 0 N–H and O–H groups in total. The molecule has 92 valence electrons. The van der Waals surface area contributed by atoms with Crippen molar-refractivity contribution in [2.24, 2.45) is 7.05 Å². The predicted molar refractivity (Wildman–Crippen MR) is 65.7 cm³/mol. The highest BCUT2D eigenvalue weighted by Gasteiger charge is 2.06. The van der Waals surface area contributed by atoms with Gasteiger partial charge in [-0.1, -0.05) is 0 Å². The van der Waals surface area contributed by atoms with E-state index in [9.17, 15) is 4.39 Å². The Kier molecular flexibility index (Phi) is 2.55. The number of hydrogen-bond donors (Lipinski definition) is 0. The first kappa shape index (κ1) is 10.9. The van der Waals surface area contributed by atoms with E-state index in [-0.39, 0.29) is 6.54 Å². The van der Waals surface area contributed by atoms with Gasteiger partial charge >= 0.3 is 0 Å². The first-order chi connectivity index (χ1) is 8.78. The Morgan fingerprint density at radius 2 is 2.17 bits per heavy atom. The summed E-state index contributed by atoms with van der Waals surface area (Å²) in [5.74, 6) is 0. The summed E-state index contributed by atoms with van der Waals surface area (Å²) in [5.41, 5.74) is 3.54. The summed E-state index contributed by atoms with van der Waals surface area (Å²) in [5, 5.41) is 4.08. The summed E-state index contributed by atoms with van der Waals surface area (Å²) in [4.78, 5) is 8.66. The van der Waals surface area contributed by atoms with Crippen LogP contribution in [0.1, 0.15) is 0 Å². The number of aryl methyl sites for hydroxylation is 2. The van der Waals surface area contributed by atoms with E-state index in [1.54, 1.807) is 29.6 Å². The normalized spacial score (nSPS) is 11.2. The van der Waals surface area contributed by atoms with Crippen LogP contribution in [-0.4, -0.2) is 31.0 Å². The van der Waals surface area contributed by atoms with Crippen molar-refractivity contribution in [3.05, 3.63) is 31.0 Å². The molecule has 0 spiro atoms. The molecular weight excluding hydrogens is 233 g/mol. The van der Waals surface area contributed by atoms with Gasteiger partial charge in [-0.15, -0.1) is 0 Å². The predicted octanol–water partition coefficient (Wildman–Crippen LogP) is 1.80. The van der Waals surface area contributed by atoms with Crippen molar-refractivity contribution in [2.75, 3.05) is 6.67 Å². The molecule has 0 bridgehead atoms. The highest BCUT2D eigenvalue weighted by atomic mass is 19.1. The van der Waals surface area contributed by atoms with E-state index in [1.807, 2.05) is 17.7 Å². The third-order valence-corrected chi connectivity index (χ3v) is 2.85. The van der Waals surface area contributed by atoms with Crippen LogP contribution in [0.5, 0.6) is 0 Å². The van der Waals surface area contributed by atoms with Crippen molar-refractivity contribution in [1.82, 2.24) is 24.3 Å². The maximum Gasteiger partial charge on any atom is 0.109 e. The quantitative estimate of drug-likeness (QED) is 0.707. The molecule has 6 heteroatoms. The number of fused-ring (bicyclic) bond motifs is 1. The largest absolute Gasteiger partial charge is 0.332 e. The Morgan fingerprint density at radius 3 is 3.00 bits per heavy atom. The van der Waals surface area contributed by atoms with Gasteiger partial charge in [-0.25, -0.2) is 9.37 Å². The molecule has 0 amide bonds. The average Bonchev–Trinajstić information content (AvgIpc) is 2.97. The molecule has 0 atom stereocenters. The lowest BCUT2D eigenvalue weighted by Crippen LogP contribution is -1.98. The molecule has 3 aromatic heterocycles. The van der Waals surface area contributed by atoms with Gasteiger partial charge in [-0.2, -0.15) is 5.10 Å². The fraction of sp³-hybridized carbons (Fsp3) is 0.250. The number of nitrogens with zero attached hydrogens (tertiary/aromatic N) is 5. The van der Waals surface area contributed by atoms with Crippen LogP contribution >= 0.6 is 0 Å². The van der Waals surface area contributed by atoms with Crippen LogP contribution < -0.4 is 0 Å². The van der Waals surface area contributed by atoms with Crippen LogP contribution in [-0.2, 0) is 13.6 Å². The van der Waals surface area contributed by atoms with E-state index in [4.69, 9.17) is 0 Å². The molecule has 3 aromatic rings. The highest BCUT2D eigenvalue weighted by molar-refractivity contribution is 5.78. The molecule has 0 aliphatic heterocycles. The zero-order valence-electron chi connectivity index (χ0n) is 9.91. The van der Waals surface area contributed by atoms with Crippen LogP contribution in [0, 0.1) is 0 Å². The summed E-state index contributed by atoms with van der Waals surface area (Å²) in [6, 6.07) is 1.91. The summed E-state index contributed by atoms with van der Waals surface area (Å²) in [6.45, 7) is -0.153. The number of imidazole rings is 1. The molecule has 0 radical (unpaired) electrons. The van der Waals surface area contributed by atoms with Gasteiger partial charge in [-0.05, 0) is 6.07 Å². The van der Waals surface area contributed by atoms with Crippen molar-refractivity contribution < 1.29 is 4.39 Å². The second-order valence-electron chi connectivity index (χ2n) is 4.09. The van der Waals surface area contributed by atoms with Gasteiger partial charge in [0.25, 0.3) is 0 Å². The number of pyridine rings is 1. The monoisotopic (exact) mass is 245 g/mol. The lowest BCUT2D eigenvalue weighted by Gasteiger charge is -1.98. The maximum absolute atomic E-state index is 12.2. The maximum atomic E-state index is 12.2. The van der Waals surface area contributed by atoms with Crippen LogP contribution in [0.15, 0.2) is 31.0 Å². The van der Waals surface area contributed by atoms with E-state index < -0.39 is 6.67 Å². The Balaban J connectivity index is 2.02. The lowest BCUT2D eigenvalue weighted by atomic mass is 10.2.